The minimum absolute atomic E-state index is 0.0702. The maximum absolute atomic E-state index is 13.2. The van der Waals surface area contributed by atoms with Crippen LogP contribution in [0.2, 0.25) is 0 Å². The van der Waals surface area contributed by atoms with E-state index in [1.807, 2.05) is 4.90 Å². The maximum Gasteiger partial charge on any atom is 0.255 e. The molecule has 0 saturated carbocycles. The van der Waals surface area contributed by atoms with Gasteiger partial charge in [-0.3, -0.25) is 9.59 Å². The Morgan fingerprint density at radius 1 is 0.935 bits per heavy atom. The first kappa shape index (κ1) is 22.5. The van der Waals surface area contributed by atoms with Crippen LogP contribution in [0.15, 0.2) is 36.4 Å². The smallest absolute Gasteiger partial charge is 0.255 e. The summed E-state index contributed by atoms with van der Waals surface area (Å²) < 4.78 is 16.0. The number of rotatable bonds is 6. The van der Waals surface area contributed by atoms with Gasteiger partial charge in [-0.15, -0.1) is 0 Å². The Hall–Kier alpha value is -3.22. The maximum atomic E-state index is 13.2. The zero-order valence-corrected chi connectivity index (χ0v) is 18.7. The molecule has 2 amide bonds. The normalized spacial score (nSPS) is 18.3. The highest BCUT2D eigenvalue weighted by Gasteiger charge is 2.28. The SMILES string of the molecule is COc1cc(C(=O)Nc2ccccc2C(=O)N2CC(C)CC(C)C2)cc(OC)c1OC. The highest BCUT2D eigenvalue weighted by atomic mass is 16.5. The van der Waals surface area contributed by atoms with Gasteiger partial charge in [0.1, 0.15) is 0 Å². The molecular weight excluding hydrogens is 396 g/mol. The molecule has 1 saturated heterocycles. The third-order valence-electron chi connectivity index (χ3n) is 5.49. The van der Waals surface area contributed by atoms with Crippen LogP contribution in [0.1, 0.15) is 41.0 Å². The Morgan fingerprint density at radius 2 is 1.52 bits per heavy atom. The second kappa shape index (κ2) is 9.73. The number of hydrogen-bond donors (Lipinski definition) is 1. The van der Waals surface area contributed by atoms with Gasteiger partial charge in [-0.2, -0.15) is 0 Å². The van der Waals surface area contributed by atoms with Gasteiger partial charge in [0.15, 0.2) is 11.5 Å². The number of likely N-dealkylation sites (tertiary alicyclic amines) is 1. The first-order chi connectivity index (χ1) is 14.9. The quantitative estimate of drug-likeness (QED) is 0.753. The molecule has 2 aromatic carbocycles. The van der Waals surface area contributed by atoms with E-state index in [1.54, 1.807) is 36.4 Å². The summed E-state index contributed by atoms with van der Waals surface area (Å²) >= 11 is 0. The van der Waals surface area contributed by atoms with E-state index in [9.17, 15) is 9.59 Å². The fourth-order valence-electron chi connectivity index (χ4n) is 4.18. The van der Waals surface area contributed by atoms with Gasteiger partial charge in [-0.25, -0.2) is 0 Å². The predicted octanol–water partition coefficient (Wildman–Crippen LogP) is 4.08. The summed E-state index contributed by atoms with van der Waals surface area (Å²) in [5.41, 5.74) is 1.28. The average Bonchev–Trinajstić information content (AvgIpc) is 2.77. The number of ether oxygens (including phenoxy) is 3. The number of methoxy groups -OCH3 is 3. The Bertz CT molecular complexity index is 924. The van der Waals surface area contributed by atoms with Crippen molar-refractivity contribution >= 4 is 17.5 Å². The van der Waals surface area contributed by atoms with Crippen molar-refractivity contribution < 1.29 is 23.8 Å². The third kappa shape index (κ3) is 4.93. The number of anilines is 1. The lowest BCUT2D eigenvalue weighted by Gasteiger charge is -2.35. The van der Waals surface area contributed by atoms with E-state index in [1.165, 1.54) is 21.3 Å². The van der Waals surface area contributed by atoms with Crippen LogP contribution in [-0.4, -0.2) is 51.1 Å². The van der Waals surface area contributed by atoms with Crippen molar-refractivity contribution in [2.75, 3.05) is 39.7 Å². The van der Waals surface area contributed by atoms with E-state index in [0.29, 0.717) is 45.9 Å². The van der Waals surface area contributed by atoms with Crippen LogP contribution in [0.4, 0.5) is 5.69 Å². The number of nitrogens with zero attached hydrogens (tertiary/aromatic N) is 1. The number of carbonyl (C=O) groups excluding carboxylic acids is 2. The summed E-state index contributed by atoms with van der Waals surface area (Å²) in [5.74, 6) is 1.63. The summed E-state index contributed by atoms with van der Waals surface area (Å²) in [6.07, 6.45) is 1.11. The third-order valence-corrected chi connectivity index (χ3v) is 5.49. The van der Waals surface area contributed by atoms with Crippen molar-refractivity contribution in [1.82, 2.24) is 4.90 Å². The first-order valence-electron chi connectivity index (χ1n) is 10.4. The van der Waals surface area contributed by atoms with E-state index in [-0.39, 0.29) is 11.8 Å². The summed E-state index contributed by atoms with van der Waals surface area (Å²) in [4.78, 5) is 28.1. The monoisotopic (exact) mass is 426 g/mol. The molecule has 0 bridgehead atoms. The molecule has 7 nitrogen and oxygen atoms in total. The summed E-state index contributed by atoms with van der Waals surface area (Å²) in [6.45, 7) is 5.76. The fourth-order valence-corrected chi connectivity index (χ4v) is 4.18. The van der Waals surface area contributed by atoms with E-state index in [4.69, 9.17) is 14.2 Å². The topological polar surface area (TPSA) is 77.1 Å². The molecule has 1 N–H and O–H groups in total. The lowest BCUT2D eigenvalue weighted by atomic mass is 9.91. The van der Waals surface area contributed by atoms with Crippen molar-refractivity contribution in [3.05, 3.63) is 47.5 Å². The van der Waals surface area contributed by atoms with Gasteiger partial charge in [0.2, 0.25) is 5.75 Å². The first-order valence-corrected chi connectivity index (χ1v) is 10.4. The molecule has 0 aromatic heterocycles. The van der Waals surface area contributed by atoms with Crippen LogP contribution in [0.25, 0.3) is 0 Å². The highest BCUT2D eigenvalue weighted by molar-refractivity contribution is 6.09. The molecule has 3 rings (SSSR count). The van der Waals surface area contributed by atoms with Crippen molar-refractivity contribution in [2.45, 2.75) is 20.3 Å². The molecule has 166 valence electrons. The lowest BCUT2D eigenvalue weighted by molar-refractivity contribution is 0.0624. The number of benzene rings is 2. The Kier molecular flexibility index (Phi) is 7.05. The van der Waals surface area contributed by atoms with Crippen molar-refractivity contribution in [1.29, 1.82) is 0 Å². The van der Waals surface area contributed by atoms with Gasteiger partial charge in [-0.1, -0.05) is 26.0 Å². The fraction of sp³-hybridized carbons (Fsp3) is 0.417. The van der Waals surface area contributed by atoms with Crippen LogP contribution in [-0.2, 0) is 0 Å². The van der Waals surface area contributed by atoms with Crippen LogP contribution in [0.3, 0.4) is 0 Å². The summed E-state index contributed by atoms with van der Waals surface area (Å²) in [7, 11) is 4.49. The lowest BCUT2D eigenvalue weighted by Crippen LogP contribution is -2.42. The Morgan fingerprint density at radius 3 is 2.06 bits per heavy atom. The van der Waals surface area contributed by atoms with Crippen LogP contribution in [0, 0.1) is 11.8 Å². The van der Waals surface area contributed by atoms with Gasteiger partial charge < -0.3 is 24.4 Å². The predicted molar refractivity (Wildman–Crippen MR) is 119 cm³/mol. The molecule has 1 aliphatic rings. The van der Waals surface area contributed by atoms with Crippen LogP contribution >= 0.6 is 0 Å². The molecule has 0 radical (unpaired) electrons. The standard InChI is InChI=1S/C24H30N2O5/c1-15-10-16(2)14-26(13-15)24(28)18-8-6-7-9-19(18)25-23(27)17-11-20(29-3)22(31-5)21(12-17)30-4/h6-9,11-12,15-16H,10,13-14H2,1-5H3,(H,25,27). The molecule has 7 heteroatoms. The molecule has 1 aliphatic heterocycles. The number of para-hydroxylation sites is 1. The molecule has 0 spiro atoms. The number of hydrogen-bond acceptors (Lipinski definition) is 5. The van der Waals surface area contributed by atoms with Crippen LogP contribution < -0.4 is 19.5 Å². The second-order valence-electron chi connectivity index (χ2n) is 8.07. The molecular formula is C24H30N2O5. The van der Waals surface area contributed by atoms with Gasteiger partial charge in [0.05, 0.1) is 32.6 Å². The molecule has 2 atom stereocenters. The zero-order chi connectivity index (χ0) is 22.5. The number of amides is 2. The highest BCUT2D eigenvalue weighted by Crippen LogP contribution is 2.38. The molecule has 2 aromatic rings. The Balaban J connectivity index is 1.87. The Labute approximate surface area is 183 Å². The minimum atomic E-state index is -0.375. The van der Waals surface area contributed by atoms with Crippen molar-refractivity contribution in [2.24, 2.45) is 11.8 Å². The van der Waals surface area contributed by atoms with E-state index < -0.39 is 0 Å². The van der Waals surface area contributed by atoms with Crippen LogP contribution in [0.5, 0.6) is 17.2 Å². The molecule has 0 aliphatic carbocycles. The van der Waals surface area contributed by atoms with Crippen molar-refractivity contribution in [3.8, 4) is 17.2 Å². The second-order valence-corrected chi connectivity index (χ2v) is 8.07. The number of nitrogens with one attached hydrogen (secondary N) is 1. The zero-order valence-electron chi connectivity index (χ0n) is 18.7. The van der Waals surface area contributed by atoms with E-state index in [0.717, 1.165) is 19.5 Å². The van der Waals surface area contributed by atoms with E-state index >= 15 is 0 Å². The average molecular weight is 427 g/mol. The van der Waals surface area contributed by atoms with Crippen molar-refractivity contribution in [3.63, 3.8) is 0 Å². The largest absolute Gasteiger partial charge is 0.493 e. The molecule has 2 unspecified atom stereocenters. The summed E-state index contributed by atoms with van der Waals surface area (Å²) in [5, 5.41) is 2.87. The molecule has 31 heavy (non-hydrogen) atoms. The van der Waals surface area contributed by atoms with Gasteiger partial charge >= 0.3 is 0 Å². The van der Waals surface area contributed by atoms with Gasteiger partial charge in [-0.05, 0) is 42.5 Å². The molecule has 1 fully saturated rings. The van der Waals surface area contributed by atoms with Gasteiger partial charge in [0, 0.05) is 18.7 Å². The number of carbonyl (C=O) groups is 2. The van der Waals surface area contributed by atoms with E-state index in [2.05, 4.69) is 19.2 Å². The molecule has 1 heterocycles. The van der Waals surface area contributed by atoms with Gasteiger partial charge in [0.25, 0.3) is 11.8 Å². The number of piperidine rings is 1. The minimum Gasteiger partial charge on any atom is -0.493 e. The summed E-state index contributed by atoms with van der Waals surface area (Å²) in [6, 6.07) is 10.2.